The molecule has 2 N–H and O–H groups in total. The highest BCUT2D eigenvalue weighted by Crippen LogP contribution is 2.37. The number of halogens is 4. The number of carboxylic acids is 2. The molecule has 0 saturated carbocycles. The van der Waals surface area contributed by atoms with Crippen LogP contribution in [0.4, 0.5) is 13.2 Å². The zero-order chi connectivity index (χ0) is 22.4. The minimum atomic E-state index is -4.87. The number of carbonyl (C=O) groups excluding carboxylic acids is 2. The van der Waals surface area contributed by atoms with Crippen molar-refractivity contribution in [3.8, 4) is 0 Å². The highest BCUT2D eigenvalue weighted by molar-refractivity contribution is 6.32. The maximum Gasteiger partial charge on any atom is 0.417 e. The summed E-state index contributed by atoms with van der Waals surface area (Å²) in [7, 11) is 0. The second-order valence-corrected chi connectivity index (χ2v) is 6.72. The van der Waals surface area contributed by atoms with E-state index in [9.17, 15) is 42.6 Å². The van der Waals surface area contributed by atoms with E-state index in [1.54, 1.807) is 0 Å². The number of pyridine rings is 1. The first kappa shape index (κ1) is 21.2. The maximum absolute atomic E-state index is 12.9. The number of carboxylic acid groups (broad SMARTS) is 2. The van der Waals surface area contributed by atoms with Crippen LogP contribution in [0.15, 0.2) is 36.5 Å². The maximum atomic E-state index is 12.9. The fourth-order valence-electron chi connectivity index (χ4n) is 3.03. The van der Waals surface area contributed by atoms with Crippen LogP contribution >= 0.6 is 11.6 Å². The molecule has 3 rings (SSSR count). The monoisotopic (exact) mass is 442 g/mol. The first-order valence-electron chi connectivity index (χ1n) is 8.06. The molecule has 1 aromatic carbocycles. The van der Waals surface area contributed by atoms with Crippen molar-refractivity contribution in [1.82, 2.24) is 9.88 Å². The molecule has 0 atom stereocenters. The van der Waals surface area contributed by atoms with Crippen molar-refractivity contribution < 1.29 is 42.6 Å². The summed E-state index contributed by atoms with van der Waals surface area (Å²) in [5.41, 5.74) is -5.53. The lowest BCUT2D eigenvalue weighted by Crippen LogP contribution is -2.54. The number of nitrogens with zero attached hydrogens (tertiary/aromatic N) is 2. The highest BCUT2D eigenvalue weighted by atomic mass is 35.5. The number of alkyl halides is 3. The Labute approximate surface area is 170 Å². The van der Waals surface area contributed by atoms with Crippen LogP contribution in [0.1, 0.15) is 32.0 Å². The van der Waals surface area contributed by atoms with Crippen molar-refractivity contribution in [1.29, 1.82) is 0 Å². The molecular weight excluding hydrogens is 433 g/mol. The standard InChI is InChI=1S/C18H10ClF3N2O6/c19-11-5-8(18(20,21)22)6-23-12(11)17(15(27)28,16(29)30)7-24-13(25)9-3-1-2-4-10(9)14(24)26/h1-6H,7H2,(H,27,28)(H,29,30). The van der Waals surface area contributed by atoms with E-state index >= 15 is 0 Å². The number of aromatic nitrogens is 1. The van der Waals surface area contributed by atoms with Crippen LogP contribution in [0.2, 0.25) is 5.02 Å². The van der Waals surface area contributed by atoms with E-state index in [0.717, 1.165) is 0 Å². The van der Waals surface area contributed by atoms with E-state index in [1.165, 1.54) is 24.3 Å². The van der Waals surface area contributed by atoms with E-state index < -0.39 is 58.2 Å². The number of carbonyl (C=O) groups is 4. The summed E-state index contributed by atoms with van der Waals surface area (Å²) < 4.78 is 38.6. The summed E-state index contributed by atoms with van der Waals surface area (Å²) in [6.07, 6.45) is -4.64. The van der Waals surface area contributed by atoms with Crippen LogP contribution in [0.25, 0.3) is 0 Å². The molecule has 12 heteroatoms. The minimum absolute atomic E-state index is 0.0707. The zero-order valence-corrected chi connectivity index (χ0v) is 15.4. The van der Waals surface area contributed by atoms with Crippen molar-refractivity contribution in [3.05, 3.63) is 63.9 Å². The second-order valence-electron chi connectivity index (χ2n) is 6.31. The van der Waals surface area contributed by atoms with Gasteiger partial charge in [0.15, 0.2) is 0 Å². The molecule has 30 heavy (non-hydrogen) atoms. The summed E-state index contributed by atoms with van der Waals surface area (Å²) in [5, 5.41) is 18.5. The quantitative estimate of drug-likeness (QED) is 0.538. The van der Waals surface area contributed by atoms with Crippen LogP contribution in [0, 0.1) is 0 Å². The van der Waals surface area contributed by atoms with Gasteiger partial charge in [0.05, 0.1) is 34.0 Å². The van der Waals surface area contributed by atoms with E-state index in [4.69, 9.17) is 11.6 Å². The van der Waals surface area contributed by atoms with Crippen molar-refractivity contribution in [2.75, 3.05) is 6.54 Å². The first-order chi connectivity index (χ1) is 13.9. The number of amides is 2. The molecule has 8 nitrogen and oxygen atoms in total. The van der Waals surface area contributed by atoms with Crippen LogP contribution in [0.3, 0.4) is 0 Å². The summed E-state index contributed by atoms with van der Waals surface area (Å²) in [6, 6.07) is 5.81. The molecule has 2 aromatic rings. The number of hydrogen-bond acceptors (Lipinski definition) is 5. The molecule has 0 aliphatic carbocycles. The number of aliphatic carboxylic acids is 2. The number of fused-ring (bicyclic) bond motifs is 1. The van der Waals surface area contributed by atoms with Crippen molar-refractivity contribution in [2.45, 2.75) is 11.6 Å². The van der Waals surface area contributed by atoms with Crippen LogP contribution in [-0.4, -0.2) is 50.4 Å². The van der Waals surface area contributed by atoms with Gasteiger partial charge in [0.2, 0.25) is 5.41 Å². The normalized spacial score (nSPS) is 14.1. The van der Waals surface area contributed by atoms with Gasteiger partial charge in [-0.15, -0.1) is 0 Å². The minimum Gasteiger partial charge on any atom is -0.480 e. The number of imide groups is 1. The summed E-state index contributed by atoms with van der Waals surface area (Å²) >= 11 is 5.78. The third-order valence-corrected chi connectivity index (χ3v) is 4.86. The van der Waals surface area contributed by atoms with Gasteiger partial charge >= 0.3 is 18.1 Å². The van der Waals surface area contributed by atoms with Gasteiger partial charge in [-0.3, -0.25) is 29.1 Å². The van der Waals surface area contributed by atoms with Gasteiger partial charge in [0.1, 0.15) is 0 Å². The zero-order valence-electron chi connectivity index (χ0n) is 14.6. The fourth-order valence-corrected chi connectivity index (χ4v) is 3.36. The van der Waals surface area contributed by atoms with Gasteiger partial charge in [-0.05, 0) is 18.2 Å². The highest BCUT2D eigenvalue weighted by Gasteiger charge is 2.55. The topological polar surface area (TPSA) is 125 Å². The van der Waals surface area contributed by atoms with E-state index in [1.807, 2.05) is 0 Å². The average molecular weight is 443 g/mol. The lowest BCUT2D eigenvalue weighted by Gasteiger charge is -2.29. The molecule has 0 saturated heterocycles. The van der Waals surface area contributed by atoms with Crippen LogP contribution < -0.4 is 0 Å². The van der Waals surface area contributed by atoms with Gasteiger partial charge in [0.25, 0.3) is 11.8 Å². The van der Waals surface area contributed by atoms with Gasteiger partial charge < -0.3 is 10.2 Å². The largest absolute Gasteiger partial charge is 0.480 e. The smallest absolute Gasteiger partial charge is 0.417 e. The van der Waals surface area contributed by atoms with Gasteiger partial charge in [0, 0.05) is 6.20 Å². The predicted octanol–water partition coefficient (Wildman–Crippen LogP) is 2.46. The van der Waals surface area contributed by atoms with Crippen LogP contribution in [0.5, 0.6) is 0 Å². The van der Waals surface area contributed by atoms with E-state index in [2.05, 4.69) is 4.98 Å². The Kier molecular flexibility index (Phi) is 5.02. The first-order valence-corrected chi connectivity index (χ1v) is 8.44. The Morgan fingerprint density at radius 2 is 1.53 bits per heavy atom. The molecule has 0 fully saturated rings. The molecule has 0 bridgehead atoms. The SMILES string of the molecule is O=C1c2ccccc2C(=O)N1CC(C(=O)O)(C(=O)O)c1ncc(C(F)(F)F)cc1Cl. The molecule has 0 spiro atoms. The Morgan fingerprint density at radius 1 is 1.03 bits per heavy atom. The predicted molar refractivity (Wildman–Crippen MR) is 93.0 cm³/mol. The molecule has 1 aliphatic rings. The third-order valence-electron chi connectivity index (χ3n) is 4.58. The number of hydrogen-bond donors (Lipinski definition) is 2. The second kappa shape index (κ2) is 7.10. The molecule has 0 radical (unpaired) electrons. The molecule has 1 aliphatic heterocycles. The van der Waals surface area contributed by atoms with Crippen molar-refractivity contribution >= 4 is 35.4 Å². The molecular formula is C18H10ClF3N2O6. The molecule has 2 amide bonds. The Bertz CT molecular complexity index is 1050. The third kappa shape index (κ3) is 3.16. The molecule has 2 heterocycles. The molecule has 156 valence electrons. The summed E-state index contributed by atoms with van der Waals surface area (Å²) in [4.78, 5) is 52.9. The van der Waals surface area contributed by atoms with Crippen molar-refractivity contribution in [2.24, 2.45) is 0 Å². The van der Waals surface area contributed by atoms with E-state index in [0.29, 0.717) is 11.0 Å². The summed E-state index contributed by atoms with van der Waals surface area (Å²) in [5.74, 6) is -6.04. The van der Waals surface area contributed by atoms with Crippen LogP contribution in [-0.2, 0) is 21.2 Å². The number of rotatable bonds is 5. The molecule has 0 unspecified atom stereocenters. The lowest BCUT2D eigenvalue weighted by molar-refractivity contribution is -0.158. The van der Waals surface area contributed by atoms with Gasteiger partial charge in [-0.2, -0.15) is 13.2 Å². The lowest BCUT2D eigenvalue weighted by atomic mass is 9.83. The average Bonchev–Trinajstić information content (AvgIpc) is 2.90. The van der Waals surface area contributed by atoms with Crippen molar-refractivity contribution in [3.63, 3.8) is 0 Å². The summed E-state index contributed by atoms with van der Waals surface area (Å²) in [6.45, 7) is -1.23. The van der Waals surface area contributed by atoms with Gasteiger partial charge in [-0.1, -0.05) is 23.7 Å². The van der Waals surface area contributed by atoms with Gasteiger partial charge in [-0.25, -0.2) is 0 Å². The Balaban J connectivity index is 2.14. The fraction of sp³-hybridized carbons (Fsp3) is 0.167. The number of benzene rings is 1. The Hall–Kier alpha value is -3.47. The van der Waals surface area contributed by atoms with E-state index in [-0.39, 0.29) is 17.3 Å². The molecule has 1 aromatic heterocycles. The Morgan fingerprint density at radius 3 is 1.93 bits per heavy atom.